The Morgan fingerprint density at radius 1 is 1.07 bits per heavy atom. The van der Waals surface area contributed by atoms with Gasteiger partial charge in [0.2, 0.25) is 0 Å². The minimum atomic E-state index is -0.564. The maximum Gasteiger partial charge on any atom is 0.306 e. The highest BCUT2D eigenvalue weighted by atomic mass is 35.5. The van der Waals surface area contributed by atoms with Gasteiger partial charge in [-0.3, -0.25) is 14.4 Å². The molecule has 2 aromatic carbocycles. The fraction of sp³-hybridized carbons (Fsp3) is 0.286. The molecule has 2 aromatic rings. The molecule has 1 aliphatic heterocycles. The van der Waals surface area contributed by atoms with Gasteiger partial charge in [0.05, 0.1) is 6.42 Å². The maximum absolute atomic E-state index is 12.5. The molecule has 0 bridgehead atoms. The lowest BCUT2D eigenvalue weighted by Gasteiger charge is -2.22. The van der Waals surface area contributed by atoms with E-state index >= 15 is 0 Å². The van der Waals surface area contributed by atoms with Gasteiger partial charge in [-0.2, -0.15) is 0 Å². The van der Waals surface area contributed by atoms with Crippen molar-refractivity contribution in [3.8, 4) is 0 Å². The van der Waals surface area contributed by atoms with Gasteiger partial charge in [-0.1, -0.05) is 29.8 Å². The summed E-state index contributed by atoms with van der Waals surface area (Å²) in [5.41, 5.74) is 2.47. The number of ether oxygens (including phenoxy) is 1. The number of esters is 1. The number of Topliss-reactive ketones (excluding diaryl/α,β-unsaturated/α-hetero) is 1. The minimum Gasteiger partial charge on any atom is -0.456 e. The molecule has 6 heteroatoms. The number of hydrogen-bond acceptors (Lipinski definition) is 4. The standard InChI is InChI=1S/C21H20ClNO4/c1-14-12-16-4-2-3-5-18(16)23(14)20(25)13-27-21(26)11-10-19(24)15-6-8-17(22)9-7-15/h2-9,14H,10-13H2,1H3/t14-/m1/s1. The first kappa shape index (κ1) is 19.1. The van der Waals surface area contributed by atoms with Crippen molar-refractivity contribution in [2.45, 2.75) is 32.2 Å². The summed E-state index contributed by atoms with van der Waals surface area (Å²) in [5.74, 6) is -0.993. The highest BCUT2D eigenvalue weighted by Gasteiger charge is 2.30. The molecule has 0 fully saturated rings. The third-order valence-corrected chi connectivity index (χ3v) is 4.81. The summed E-state index contributed by atoms with van der Waals surface area (Å²) in [7, 11) is 0. The molecular formula is C21H20ClNO4. The van der Waals surface area contributed by atoms with Crippen LogP contribution in [0.15, 0.2) is 48.5 Å². The van der Waals surface area contributed by atoms with E-state index in [2.05, 4.69) is 0 Å². The number of para-hydroxylation sites is 1. The second-order valence-corrected chi connectivity index (χ2v) is 6.97. The van der Waals surface area contributed by atoms with Gasteiger partial charge < -0.3 is 9.64 Å². The zero-order chi connectivity index (χ0) is 19.4. The highest BCUT2D eigenvalue weighted by Crippen LogP contribution is 2.31. The Morgan fingerprint density at radius 2 is 1.78 bits per heavy atom. The summed E-state index contributed by atoms with van der Waals surface area (Å²) < 4.78 is 5.08. The van der Waals surface area contributed by atoms with Crippen LogP contribution in [0.3, 0.4) is 0 Å². The van der Waals surface area contributed by atoms with Gasteiger partial charge in [-0.05, 0) is 49.2 Å². The Balaban J connectivity index is 1.48. The van der Waals surface area contributed by atoms with Gasteiger partial charge in [0.1, 0.15) is 0 Å². The van der Waals surface area contributed by atoms with Crippen molar-refractivity contribution in [1.82, 2.24) is 0 Å². The van der Waals surface area contributed by atoms with E-state index in [4.69, 9.17) is 16.3 Å². The number of anilines is 1. The van der Waals surface area contributed by atoms with Gasteiger partial charge in [0.25, 0.3) is 5.91 Å². The molecule has 3 rings (SSSR count). The molecule has 1 atom stereocenters. The molecule has 1 aliphatic rings. The average Bonchev–Trinajstić information content (AvgIpc) is 3.00. The summed E-state index contributed by atoms with van der Waals surface area (Å²) in [6, 6.07) is 14.2. The average molecular weight is 386 g/mol. The molecule has 0 unspecified atom stereocenters. The van der Waals surface area contributed by atoms with Crippen molar-refractivity contribution in [3.63, 3.8) is 0 Å². The van der Waals surface area contributed by atoms with Crippen LogP contribution in [0.5, 0.6) is 0 Å². The Bertz CT molecular complexity index is 863. The van der Waals surface area contributed by atoms with E-state index in [1.54, 1.807) is 29.2 Å². The maximum atomic E-state index is 12.5. The number of rotatable bonds is 6. The summed E-state index contributed by atoms with van der Waals surface area (Å²) in [5, 5.41) is 0.544. The summed E-state index contributed by atoms with van der Waals surface area (Å²) >= 11 is 5.79. The molecule has 0 saturated heterocycles. The summed E-state index contributed by atoms with van der Waals surface area (Å²) in [4.78, 5) is 38.1. The van der Waals surface area contributed by atoms with E-state index in [9.17, 15) is 14.4 Å². The fourth-order valence-electron chi connectivity index (χ4n) is 3.23. The lowest BCUT2D eigenvalue weighted by Crippen LogP contribution is -2.38. The Morgan fingerprint density at radius 3 is 2.52 bits per heavy atom. The number of carbonyl (C=O) groups is 3. The third-order valence-electron chi connectivity index (χ3n) is 4.55. The van der Waals surface area contributed by atoms with Crippen LogP contribution >= 0.6 is 11.6 Å². The minimum absolute atomic E-state index is 0.0254. The highest BCUT2D eigenvalue weighted by molar-refractivity contribution is 6.30. The number of nitrogens with zero attached hydrogens (tertiary/aromatic N) is 1. The first-order chi connectivity index (χ1) is 13.0. The van der Waals surface area contributed by atoms with Gasteiger partial charge in [0, 0.05) is 28.7 Å². The van der Waals surface area contributed by atoms with Gasteiger partial charge in [0.15, 0.2) is 12.4 Å². The van der Waals surface area contributed by atoms with Crippen molar-refractivity contribution in [2.24, 2.45) is 0 Å². The smallest absolute Gasteiger partial charge is 0.306 e. The second kappa shape index (κ2) is 8.35. The SMILES string of the molecule is C[C@@H]1Cc2ccccc2N1C(=O)COC(=O)CCC(=O)c1ccc(Cl)cc1. The van der Waals surface area contributed by atoms with Crippen molar-refractivity contribution >= 4 is 34.9 Å². The van der Waals surface area contributed by atoms with E-state index in [1.807, 2.05) is 31.2 Å². The van der Waals surface area contributed by atoms with Crippen molar-refractivity contribution in [1.29, 1.82) is 0 Å². The Hall–Kier alpha value is -2.66. The molecule has 0 radical (unpaired) electrons. The quantitative estimate of drug-likeness (QED) is 0.560. The molecule has 0 N–H and O–H groups in total. The van der Waals surface area contributed by atoms with E-state index in [1.165, 1.54) is 0 Å². The molecule has 1 amide bonds. The molecule has 0 spiro atoms. The molecule has 0 saturated carbocycles. The van der Waals surface area contributed by atoms with Crippen molar-refractivity contribution in [2.75, 3.05) is 11.5 Å². The first-order valence-electron chi connectivity index (χ1n) is 8.80. The topological polar surface area (TPSA) is 63.7 Å². The number of carbonyl (C=O) groups excluding carboxylic acids is 3. The molecule has 140 valence electrons. The number of amides is 1. The Kier molecular flexibility index (Phi) is 5.91. The summed E-state index contributed by atoms with van der Waals surface area (Å²) in [6.45, 7) is 1.64. The van der Waals surface area contributed by atoms with Gasteiger partial charge in [-0.15, -0.1) is 0 Å². The van der Waals surface area contributed by atoms with Crippen LogP contribution in [0.2, 0.25) is 5.02 Å². The van der Waals surface area contributed by atoms with Crippen LogP contribution in [0, 0.1) is 0 Å². The molecule has 1 heterocycles. The van der Waals surface area contributed by atoms with Crippen LogP contribution < -0.4 is 4.90 Å². The van der Waals surface area contributed by atoms with Gasteiger partial charge in [-0.25, -0.2) is 0 Å². The molecular weight excluding hydrogens is 366 g/mol. The molecule has 5 nitrogen and oxygen atoms in total. The second-order valence-electron chi connectivity index (χ2n) is 6.54. The van der Waals surface area contributed by atoms with Crippen molar-refractivity contribution < 1.29 is 19.1 Å². The van der Waals surface area contributed by atoms with Crippen LogP contribution in [0.25, 0.3) is 0 Å². The normalized spacial score (nSPS) is 15.3. The predicted octanol–water partition coefficient (Wildman–Crippen LogP) is 3.82. The monoisotopic (exact) mass is 385 g/mol. The molecule has 0 aromatic heterocycles. The van der Waals surface area contributed by atoms with E-state index in [-0.39, 0.29) is 37.2 Å². The summed E-state index contributed by atoms with van der Waals surface area (Å²) in [6.07, 6.45) is 0.740. The van der Waals surface area contributed by atoms with E-state index in [0.29, 0.717) is 10.6 Å². The first-order valence-corrected chi connectivity index (χ1v) is 9.18. The van der Waals surface area contributed by atoms with Crippen LogP contribution in [0.4, 0.5) is 5.69 Å². The van der Waals surface area contributed by atoms with Gasteiger partial charge >= 0.3 is 5.97 Å². The Labute approximate surface area is 162 Å². The molecule has 0 aliphatic carbocycles. The predicted molar refractivity (Wildman–Crippen MR) is 103 cm³/mol. The lowest BCUT2D eigenvalue weighted by molar-refractivity contribution is -0.147. The zero-order valence-electron chi connectivity index (χ0n) is 15.0. The number of fused-ring (bicyclic) bond motifs is 1. The number of hydrogen-bond donors (Lipinski definition) is 0. The zero-order valence-corrected chi connectivity index (χ0v) is 15.7. The van der Waals surface area contributed by atoms with Crippen LogP contribution in [-0.2, 0) is 20.7 Å². The number of halogens is 1. The number of ketones is 1. The van der Waals surface area contributed by atoms with Crippen molar-refractivity contribution in [3.05, 3.63) is 64.7 Å². The number of benzene rings is 2. The lowest BCUT2D eigenvalue weighted by atomic mass is 10.1. The largest absolute Gasteiger partial charge is 0.456 e. The third kappa shape index (κ3) is 4.55. The fourth-order valence-corrected chi connectivity index (χ4v) is 3.35. The van der Waals surface area contributed by atoms with E-state index in [0.717, 1.165) is 17.7 Å². The molecule has 27 heavy (non-hydrogen) atoms. The van der Waals surface area contributed by atoms with Crippen LogP contribution in [0.1, 0.15) is 35.7 Å². The van der Waals surface area contributed by atoms with E-state index < -0.39 is 5.97 Å². The van der Waals surface area contributed by atoms with Crippen LogP contribution in [-0.4, -0.2) is 30.3 Å².